The minimum absolute atomic E-state index is 0.0164. The summed E-state index contributed by atoms with van der Waals surface area (Å²) < 4.78 is 0. The quantitative estimate of drug-likeness (QED) is 0.860. The number of piperazine rings is 1. The molecule has 4 heteroatoms. The lowest BCUT2D eigenvalue weighted by Crippen LogP contribution is -2.56. The third kappa shape index (κ3) is 3.09. The third-order valence-electron chi connectivity index (χ3n) is 3.13. The molecule has 1 aromatic rings. The number of aryl methyl sites for hydroxylation is 1. The van der Waals surface area contributed by atoms with Crippen LogP contribution in [0.15, 0.2) is 30.3 Å². The van der Waals surface area contributed by atoms with Crippen molar-refractivity contribution in [1.29, 1.82) is 0 Å². The van der Waals surface area contributed by atoms with Gasteiger partial charge in [0.15, 0.2) is 0 Å². The molecule has 0 aliphatic carbocycles. The number of carbonyl (C=O) groups excluding carboxylic acids is 2. The number of nitrogens with one attached hydrogen (secondary N) is 1. The first-order valence-corrected chi connectivity index (χ1v) is 6.29. The van der Waals surface area contributed by atoms with Crippen LogP contribution in [0, 0.1) is 0 Å². The highest BCUT2D eigenvalue weighted by Crippen LogP contribution is 2.07. The van der Waals surface area contributed by atoms with E-state index in [0.29, 0.717) is 6.54 Å². The molecule has 2 amide bonds. The Morgan fingerprint density at radius 1 is 1.28 bits per heavy atom. The molecule has 1 saturated heterocycles. The number of amides is 2. The molecule has 1 atom stereocenters. The van der Waals surface area contributed by atoms with Crippen LogP contribution in [0.2, 0.25) is 0 Å². The summed E-state index contributed by atoms with van der Waals surface area (Å²) in [6.07, 6.45) is 1.82. The van der Waals surface area contributed by atoms with E-state index in [2.05, 4.69) is 17.4 Å². The standard InChI is InChI=1S/C14H18N2O2/c1-11-14(18)16(10-13(17)15-11)9-5-8-12-6-3-2-4-7-12/h2-4,6-7,11H,5,8-10H2,1H3,(H,15,17)/t11-/m0/s1. The lowest BCUT2D eigenvalue weighted by atomic mass is 10.1. The van der Waals surface area contributed by atoms with Crippen LogP contribution in [0.5, 0.6) is 0 Å². The van der Waals surface area contributed by atoms with Crippen LogP contribution in [0.1, 0.15) is 18.9 Å². The monoisotopic (exact) mass is 246 g/mol. The van der Waals surface area contributed by atoms with Gasteiger partial charge in [-0.2, -0.15) is 0 Å². The minimum Gasteiger partial charge on any atom is -0.343 e. The van der Waals surface area contributed by atoms with Gasteiger partial charge in [-0.05, 0) is 25.3 Å². The van der Waals surface area contributed by atoms with Crippen LogP contribution in [0.4, 0.5) is 0 Å². The number of rotatable bonds is 4. The fourth-order valence-electron chi connectivity index (χ4n) is 2.18. The Morgan fingerprint density at radius 2 is 2.00 bits per heavy atom. The first-order chi connectivity index (χ1) is 8.66. The van der Waals surface area contributed by atoms with Gasteiger partial charge in [-0.3, -0.25) is 9.59 Å². The molecule has 0 bridgehead atoms. The van der Waals surface area contributed by atoms with Gasteiger partial charge in [-0.25, -0.2) is 0 Å². The van der Waals surface area contributed by atoms with Gasteiger partial charge in [0, 0.05) is 6.54 Å². The van der Waals surface area contributed by atoms with E-state index in [9.17, 15) is 9.59 Å². The molecule has 18 heavy (non-hydrogen) atoms. The Morgan fingerprint density at radius 3 is 2.72 bits per heavy atom. The summed E-state index contributed by atoms with van der Waals surface area (Å²) in [6.45, 7) is 2.56. The summed E-state index contributed by atoms with van der Waals surface area (Å²) in [5.41, 5.74) is 1.26. The zero-order chi connectivity index (χ0) is 13.0. The first kappa shape index (κ1) is 12.6. The van der Waals surface area contributed by atoms with Crippen LogP contribution in [0.3, 0.4) is 0 Å². The second-order valence-corrected chi connectivity index (χ2v) is 4.64. The van der Waals surface area contributed by atoms with Gasteiger partial charge < -0.3 is 10.2 Å². The fraction of sp³-hybridized carbons (Fsp3) is 0.429. The molecule has 4 nitrogen and oxygen atoms in total. The van der Waals surface area contributed by atoms with Gasteiger partial charge in [0.1, 0.15) is 6.04 Å². The molecule has 1 heterocycles. The van der Waals surface area contributed by atoms with Crippen molar-refractivity contribution in [3.63, 3.8) is 0 Å². The van der Waals surface area contributed by atoms with Gasteiger partial charge in [0.2, 0.25) is 11.8 Å². The normalized spacial score (nSPS) is 19.8. The van der Waals surface area contributed by atoms with E-state index >= 15 is 0 Å². The minimum atomic E-state index is -0.386. The van der Waals surface area contributed by atoms with Gasteiger partial charge in [-0.1, -0.05) is 30.3 Å². The van der Waals surface area contributed by atoms with Gasteiger partial charge >= 0.3 is 0 Å². The lowest BCUT2D eigenvalue weighted by molar-refractivity contribution is -0.143. The van der Waals surface area contributed by atoms with E-state index in [1.165, 1.54) is 5.56 Å². The maximum Gasteiger partial charge on any atom is 0.245 e. The van der Waals surface area contributed by atoms with Crippen LogP contribution >= 0.6 is 0 Å². The molecule has 1 fully saturated rings. The Labute approximate surface area is 107 Å². The smallest absolute Gasteiger partial charge is 0.245 e. The molecule has 0 aromatic heterocycles. The number of benzene rings is 1. The lowest BCUT2D eigenvalue weighted by Gasteiger charge is -2.30. The van der Waals surface area contributed by atoms with Crippen molar-refractivity contribution in [2.24, 2.45) is 0 Å². The van der Waals surface area contributed by atoms with Gasteiger partial charge in [0.25, 0.3) is 0 Å². The summed E-state index contributed by atoms with van der Waals surface area (Å²) >= 11 is 0. The maximum atomic E-state index is 11.8. The van der Waals surface area contributed by atoms with Crippen LogP contribution < -0.4 is 5.32 Å². The summed E-state index contributed by atoms with van der Waals surface area (Å²) in [4.78, 5) is 24.8. The number of carbonyl (C=O) groups is 2. The van der Waals surface area contributed by atoms with Crippen LogP contribution in [-0.2, 0) is 16.0 Å². The zero-order valence-corrected chi connectivity index (χ0v) is 10.6. The number of nitrogens with zero attached hydrogens (tertiary/aromatic N) is 1. The molecule has 1 N–H and O–H groups in total. The molecule has 0 unspecified atom stereocenters. The van der Waals surface area contributed by atoms with Crippen molar-refractivity contribution in [1.82, 2.24) is 10.2 Å². The molecule has 1 aliphatic rings. The number of hydrogen-bond acceptors (Lipinski definition) is 2. The topological polar surface area (TPSA) is 49.4 Å². The SMILES string of the molecule is C[C@@H]1NC(=O)CN(CCCc2ccccc2)C1=O. The molecule has 1 aromatic carbocycles. The summed E-state index contributed by atoms with van der Waals surface area (Å²) in [6, 6.07) is 9.78. The molecule has 96 valence electrons. The van der Waals surface area contributed by atoms with E-state index in [0.717, 1.165) is 12.8 Å². The molecule has 0 spiro atoms. The second kappa shape index (κ2) is 5.67. The van der Waals surface area contributed by atoms with Crippen molar-refractivity contribution >= 4 is 11.8 Å². The van der Waals surface area contributed by atoms with Gasteiger partial charge in [0.05, 0.1) is 6.54 Å². The zero-order valence-electron chi connectivity index (χ0n) is 10.6. The predicted molar refractivity (Wildman–Crippen MR) is 68.9 cm³/mol. The fourth-order valence-corrected chi connectivity index (χ4v) is 2.18. The highest BCUT2D eigenvalue weighted by Gasteiger charge is 2.28. The molecule has 2 rings (SSSR count). The van der Waals surface area contributed by atoms with Crippen LogP contribution in [0.25, 0.3) is 0 Å². The highest BCUT2D eigenvalue weighted by atomic mass is 16.2. The molecule has 0 radical (unpaired) electrons. The Balaban J connectivity index is 1.82. The molecular weight excluding hydrogens is 228 g/mol. The van der Waals surface area contributed by atoms with Crippen molar-refractivity contribution in [3.8, 4) is 0 Å². The Bertz CT molecular complexity index is 431. The number of hydrogen-bond donors (Lipinski definition) is 1. The molecular formula is C14H18N2O2. The van der Waals surface area contributed by atoms with Crippen LogP contribution in [-0.4, -0.2) is 35.8 Å². The van der Waals surface area contributed by atoms with E-state index in [4.69, 9.17) is 0 Å². The maximum absolute atomic E-state index is 11.8. The Hall–Kier alpha value is -1.84. The van der Waals surface area contributed by atoms with E-state index < -0.39 is 0 Å². The largest absolute Gasteiger partial charge is 0.343 e. The third-order valence-corrected chi connectivity index (χ3v) is 3.13. The summed E-state index contributed by atoms with van der Waals surface area (Å²) in [5, 5.41) is 2.64. The van der Waals surface area contributed by atoms with Crippen molar-refractivity contribution in [3.05, 3.63) is 35.9 Å². The van der Waals surface area contributed by atoms with E-state index in [1.54, 1.807) is 11.8 Å². The highest BCUT2D eigenvalue weighted by molar-refractivity contribution is 5.94. The second-order valence-electron chi connectivity index (χ2n) is 4.64. The predicted octanol–water partition coefficient (Wildman–Crippen LogP) is 0.966. The van der Waals surface area contributed by atoms with Crippen molar-refractivity contribution in [2.75, 3.05) is 13.1 Å². The summed E-state index contributed by atoms with van der Waals surface area (Å²) in [7, 11) is 0. The average molecular weight is 246 g/mol. The van der Waals surface area contributed by atoms with Gasteiger partial charge in [-0.15, -0.1) is 0 Å². The van der Waals surface area contributed by atoms with Crippen molar-refractivity contribution in [2.45, 2.75) is 25.8 Å². The summed E-state index contributed by atoms with van der Waals surface area (Å²) in [5.74, 6) is -0.0514. The average Bonchev–Trinajstić information content (AvgIpc) is 2.36. The van der Waals surface area contributed by atoms with E-state index in [-0.39, 0.29) is 24.4 Å². The van der Waals surface area contributed by atoms with E-state index in [1.807, 2.05) is 18.2 Å². The Kier molecular flexibility index (Phi) is 3.97. The first-order valence-electron chi connectivity index (χ1n) is 6.29. The molecule has 1 aliphatic heterocycles. The van der Waals surface area contributed by atoms with Crippen molar-refractivity contribution < 1.29 is 9.59 Å². The molecule has 0 saturated carbocycles.